The number of carbonyl (C=O) groups excluding carboxylic acids is 1. The number of nitrogens with one attached hydrogen (secondary N) is 2. The van der Waals surface area contributed by atoms with E-state index in [0.29, 0.717) is 18.5 Å². The number of urea groups is 1. The summed E-state index contributed by atoms with van der Waals surface area (Å²) in [6, 6.07) is 8.85. The van der Waals surface area contributed by atoms with Crippen LogP contribution in [0.1, 0.15) is 37.8 Å². The minimum atomic E-state index is -0.399. The molecule has 0 saturated heterocycles. The fourth-order valence-electron chi connectivity index (χ4n) is 1.77. The first-order valence-corrected chi connectivity index (χ1v) is 6.69. The molecule has 1 rings (SSSR count). The lowest BCUT2D eigenvalue weighted by molar-refractivity contribution is 0.200. The second-order valence-corrected chi connectivity index (χ2v) is 5.00. The Kier molecular flexibility index (Phi) is 6.01. The zero-order chi connectivity index (χ0) is 15.0. The van der Waals surface area contributed by atoms with Crippen molar-refractivity contribution in [3.63, 3.8) is 0 Å². The lowest BCUT2D eigenvalue weighted by Crippen LogP contribution is -2.50. The second-order valence-electron chi connectivity index (χ2n) is 5.00. The average Bonchev–Trinajstić information content (AvgIpc) is 2.46. The van der Waals surface area contributed by atoms with Crippen molar-refractivity contribution in [1.82, 2.24) is 10.6 Å². The van der Waals surface area contributed by atoms with E-state index in [1.165, 1.54) is 0 Å². The fourth-order valence-corrected chi connectivity index (χ4v) is 1.77. The van der Waals surface area contributed by atoms with Gasteiger partial charge in [0, 0.05) is 18.7 Å². The van der Waals surface area contributed by atoms with Crippen LogP contribution >= 0.6 is 0 Å². The van der Waals surface area contributed by atoms with Crippen molar-refractivity contribution in [3.8, 4) is 6.07 Å². The summed E-state index contributed by atoms with van der Waals surface area (Å²) < 4.78 is 0. The van der Waals surface area contributed by atoms with E-state index in [2.05, 4.69) is 10.6 Å². The molecule has 1 aromatic carbocycles. The predicted octanol–water partition coefficient (Wildman–Crippen LogP) is 1.91. The summed E-state index contributed by atoms with van der Waals surface area (Å²) in [6.45, 7) is 4.32. The van der Waals surface area contributed by atoms with Crippen LogP contribution in [-0.4, -0.2) is 23.3 Å². The molecule has 1 atom stereocenters. The monoisotopic (exact) mass is 275 g/mol. The fraction of sp³-hybridized carbons (Fsp3) is 0.467. The second kappa shape index (κ2) is 7.51. The third-order valence-corrected chi connectivity index (χ3v) is 3.40. The highest BCUT2D eigenvalue weighted by molar-refractivity contribution is 5.74. The van der Waals surface area contributed by atoms with Crippen LogP contribution in [-0.2, 0) is 6.54 Å². The molecule has 20 heavy (non-hydrogen) atoms. The number of hydrogen-bond donors (Lipinski definition) is 3. The summed E-state index contributed by atoms with van der Waals surface area (Å²) in [7, 11) is 0. The van der Waals surface area contributed by atoms with Crippen LogP contribution in [0, 0.1) is 11.3 Å². The zero-order valence-electron chi connectivity index (χ0n) is 11.9. The Bertz CT molecular complexity index is 479. The maximum absolute atomic E-state index is 11.8. The molecule has 3 N–H and O–H groups in total. The molecule has 1 aromatic rings. The van der Waals surface area contributed by atoms with Crippen molar-refractivity contribution in [1.29, 1.82) is 5.26 Å². The van der Waals surface area contributed by atoms with Gasteiger partial charge in [-0.1, -0.05) is 19.1 Å². The molecule has 0 radical (unpaired) electrons. The molecule has 0 aromatic heterocycles. The molecule has 5 nitrogen and oxygen atoms in total. The van der Waals surface area contributed by atoms with Gasteiger partial charge >= 0.3 is 6.03 Å². The van der Waals surface area contributed by atoms with Gasteiger partial charge in [-0.2, -0.15) is 5.26 Å². The summed E-state index contributed by atoms with van der Waals surface area (Å²) >= 11 is 0. The number of aliphatic hydroxyl groups excluding tert-OH is 1. The van der Waals surface area contributed by atoms with E-state index in [-0.39, 0.29) is 12.6 Å². The summed E-state index contributed by atoms with van der Waals surface area (Å²) in [5.41, 5.74) is 1.13. The Balaban J connectivity index is 2.48. The van der Waals surface area contributed by atoms with Crippen LogP contribution in [0.3, 0.4) is 0 Å². The number of nitriles is 1. The van der Waals surface area contributed by atoms with Crippen molar-refractivity contribution in [2.75, 3.05) is 6.61 Å². The van der Waals surface area contributed by atoms with Gasteiger partial charge < -0.3 is 15.7 Å². The van der Waals surface area contributed by atoms with Crippen molar-refractivity contribution >= 4 is 6.03 Å². The molecule has 108 valence electrons. The molecule has 0 bridgehead atoms. The minimum Gasteiger partial charge on any atom is -0.396 e. The van der Waals surface area contributed by atoms with E-state index in [9.17, 15) is 4.79 Å². The van der Waals surface area contributed by atoms with Gasteiger partial charge in [-0.3, -0.25) is 0 Å². The summed E-state index contributed by atoms with van der Waals surface area (Å²) in [5, 5.41) is 23.4. The van der Waals surface area contributed by atoms with Crippen molar-refractivity contribution in [2.45, 2.75) is 38.8 Å². The number of aliphatic hydroxyl groups is 1. The molecule has 0 spiro atoms. The van der Waals surface area contributed by atoms with Crippen LogP contribution in [0.5, 0.6) is 0 Å². The number of rotatable bonds is 6. The molecule has 2 amide bonds. The van der Waals surface area contributed by atoms with Crippen LogP contribution in [0.25, 0.3) is 0 Å². The molecule has 0 aliphatic carbocycles. The van der Waals surface area contributed by atoms with Crippen molar-refractivity contribution in [2.24, 2.45) is 0 Å². The molecule has 0 aliphatic heterocycles. The normalized spacial score (nSPS) is 13.1. The Morgan fingerprint density at radius 1 is 1.40 bits per heavy atom. The van der Waals surface area contributed by atoms with E-state index in [4.69, 9.17) is 10.4 Å². The Labute approximate surface area is 119 Å². The Morgan fingerprint density at radius 3 is 2.55 bits per heavy atom. The standard InChI is InChI=1S/C15H21N3O2/c1-3-15(2,8-9-19)18-14(20)17-11-13-6-4-12(10-16)5-7-13/h4-7,19H,3,8-9,11H2,1-2H3,(H2,17,18,20). The van der Waals surface area contributed by atoms with Crippen LogP contribution in [0.4, 0.5) is 4.79 Å². The molecule has 1 unspecified atom stereocenters. The molecule has 0 saturated carbocycles. The molecular formula is C15H21N3O2. The Morgan fingerprint density at radius 2 is 2.05 bits per heavy atom. The first-order valence-electron chi connectivity index (χ1n) is 6.69. The van der Waals surface area contributed by atoms with E-state index in [1.807, 2.05) is 32.0 Å². The maximum atomic E-state index is 11.8. The van der Waals surface area contributed by atoms with Crippen LogP contribution in [0.2, 0.25) is 0 Å². The van der Waals surface area contributed by atoms with Gasteiger partial charge in [0.15, 0.2) is 0 Å². The number of benzene rings is 1. The van der Waals surface area contributed by atoms with E-state index < -0.39 is 5.54 Å². The highest BCUT2D eigenvalue weighted by Gasteiger charge is 2.23. The summed E-state index contributed by atoms with van der Waals surface area (Å²) in [4.78, 5) is 11.8. The predicted molar refractivity (Wildman–Crippen MR) is 76.9 cm³/mol. The van der Waals surface area contributed by atoms with Gasteiger partial charge in [0.1, 0.15) is 0 Å². The number of carbonyl (C=O) groups is 1. The first-order chi connectivity index (χ1) is 9.53. The van der Waals surface area contributed by atoms with Gasteiger partial charge in [-0.25, -0.2) is 4.79 Å². The van der Waals surface area contributed by atoms with E-state index in [0.717, 1.165) is 12.0 Å². The molecule has 0 heterocycles. The number of hydrogen-bond acceptors (Lipinski definition) is 3. The topological polar surface area (TPSA) is 85.2 Å². The molecular weight excluding hydrogens is 254 g/mol. The summed E-state index contributed by atoms with van der Waals surface area (Å²) in [5.74, 6) is 0. The van der Waals surface area contributed by atoms with E-state index in [1.54, 1.807) is 12.1 Å². The highest BCUT2D eigenvalue weighted by atomic mass is 16.3. The summed E-state index contributed by atoms with van der Waals surface area (Å²) in [6.07, 6.45) is 1.27. The van der Waals surface area contributed by atoms with Gasteiger partial charge in [0.25, 0.3) is 0 Å². The Hall–Kier alpha value is -2.06. The van der Waals surface area contributed by atoms with Crippen LogP contribution in [0.15, 0.2) is 24.3 Å². The zero-order valence-corrected chi connectivity index (χ0v) is 11.9. The average molecular weight is 275 g/mol. The third kappa shape index (κ3) is 4.90. The lowest BCUT2D eigenvalue weighted by atomic mass is 9.95. The largest absolute Gasteiger partial charge is 0.396 e. The highest BCUT2D eigenvalue weighted by Crippen LogP contribution is 2.13. The quantitative estimate of drug-likeness (QED) is 0.741. The number of nitrogens with zero attached hydrogens (tertiary/aromatic N) is 1. The number of amides is 2. The van der Waals surface area contributed by atoms with Crippen molar-refractivity contribution in [3.05, 3.63) is 35.4 Å². The molecule has 0 aliphatic rings. The van der Waals surface area contributed by atoms with Gasteiger partial charge in [0.05, 0.1) is 11.6 Å². The third-order valence-electron chi connectivity index (χ3n) is 3.40. The maximum Gasteiger partial charge on any atom is 0.315 e. The minimum absolute atomic E-state index is 0.0419. The molecule has 0 fully saturated rings. The first kappa shape index (κ1) is 16.0. The van der Waals surface area contributed by atoms with Crippen LogP contribution < -0.4 is 10.6 Å². The SMILES string of the molecule is CCC(C)(CCO)NC(=O)NCc1ccc(C#N)cc1. The van der Waals surface area contributed by atoms with Crippen molar-refractivity contribution < 1.29 is 9.90 Å². The van der Waals surface area contributed by atoms with E-state index >= 15 is 0 Å². The van der Waals surface area contributed by atoms with Gasteiger partial charge in [0.2, 0.25) is 0 Å². The molecule has 5 heteroatoms. The lowest BCUT2D eigenvalue weighted by Gasteiger charge is -2.29. The van der Waals surface area contributed by atoms with Gasteiger partial charge in [-0.05, 0) is 37.5 Å². The smallest absolute Gasteiger partial charge is 0.315 e. The van der Waals surface area contributed by atoms with Gasteiger partial charge in [-0.15, -0.1) is 0 Å².